The Hall–Kier alpha value is -5.32. The molecule has 0 aliphatic carbocycles. The van der Waals surface area contributed by atoms with Crippen LogP contribution in [0.25, 0.3) is 10.8 Å². The number of hydrazone groups is 1. The molecule has 0 spiro atoms. The van der Waals surface area contributed by atoms with Crippen LogP contribution in [-0.4, -0.2) is 67.7 Å². The molecular formula is C40H27N10Na3O12S2. The number of aliphatic carboxylic acids is 1. The van der Waals surface area contributed by atoms with Crippen molar-refractivity contribution in [2.75, 3.05) is 23.2 Å². The third-order valence-electron chi connectivity index (χ3n) is 9.04. The number of carboxylic acid groups (broad SMARTS) is 1. The van der Waals surface area contributed by atoms with Crippen LogP contribution in [0.5, 0.6) is 11.5 Å². The van der Waals surface area contributed by atoms with Gasteiger partial charge in [-0.2, -0.15) is 35.7 Å². The number of hydrogen-bond acceptors (Lipinski definition) is 20. The van der Waals surface area contributed by atoms with Crippen molar-refractivity contribution in [2.24, 2.45) is 35.8 Å². The molecule has 6 aromatic carbocycles. The molecule has 6 aromatic rings. The van der Waals surface area contributed by atoms with E-state index in [4.69, 9.17) is 10.5 Å². The minimum absolute atomic E-state index is 0. The van der Waals surface area contributed by atoms with Gasteiger partial charge in [0.15, 0.2) is 11.8 Å². The molecule has 324 valence electrons. The molecule has 1 aliphatic heterocycles. The van der Waals surface area contributed by atoms with Gasteiger partial charge >= 0.3 is 88.7 Å². The number of aromatic hydroxyl groups is 1. The van der Waals surface area contributed by atoms with Gasteiger partial charge in [0.2, 0.25) is 0 Å². The molecule has 22 nitrogen and oxygen atoms in total. The number of anilines is 3. The number of carbonyl (C=O) groups is 3. The zero-order valence-electron chi connectivity index (χ0n) is 35.5. The van der Waals surface area contributed by atoms with Gasteiger partial charge in [-0.15, -0.1) is 5.11 Å². The van der Waals surface area contributed by atoms with Crippen molar-refractivity contribution in [3.05, 3.63) is 121 Å². The second kappa shape index (κ2) is 22.7. The number of fused-ring (bicyclic) bond motifs is 1. The van der Waals surface area contributed by atoms with Gasteiger partial charge in [0.1, 0.15) is 43.1 Å². The maximum atomic E-state index is 13.6. The van der Waals surface area contributed by atoms with Crippen molar-refractivity contribution in [3.8, 4) is 11.5 Å². The van der Waals surface area contributed by atoms with Crippen LogP contribution >= 0.6 is 0 Å². The quantitative estimate of drug-likeness (QED) is 0.0441. The predicted octanol–water partition coefficient (Wildman–Crippen LogP) is -3.36. The molecule has 0 saturated heterocycles. The van der Waals surface area contributed by atoms with E-state index in [-0.39, 0.29) is 145 Å². The number of carbonyl (C=O) groups excluding carboxylic acids is 3. The molecule has 1 atom stereocenters. The summed E-state index contributed by atoms with van der Waals surface area (Å²) in [5, 5.41) is 54.2. The Morgan fingerprint density at radius 3 is 2.06 bits per heavy atom. The Bertz CT molecular complexity index is 3270. The zero-order valence-corrected chi connectivity index (χ0v) is 43.1. The average Bonchev–Trinajstić information content (AvgIpc) is 3.60. The number of nitrogens with zero attached hydrogens (tertiary/aromatic N) is 8. The number of methoxy groups -OCH3 is 1. The minimum Gasteiger partial charge on any atom is -0.744 e. The molecule has 1 heterocycles. The summed E-state index contributed by atoms with van der Waals surface area (Å²) in [6.07, 6.45) is 0. The number of carboxylic acids is 1. The molecule has 67 heavy (non-hydrogen) atoms. The topological polar surface area (TPSA) is 346 Å². The first-order valence-corrected chi connectivity index (χ1v) is 20.9. The van der Waals surface area contributed by atoms with Gasteiger partial charge in [0.25, 0.3) is 11.8 Å². The number of hydrogen-bond donors (Lipinski definition) is 3. The first kappa shape index (κ1) is 54.3. The number of phenolic OH excluding ortho intramolecular Hbond substituents is 1. The summed E-state index contributed by atoms with van der Waals surface area (Å²) in [6.45, 7) is 0. The first-order chi connectivity index (χ1) is 30.4. The predicted molar refractivity (Wildman–Crippen MR) is 223 cm³/mol. The molecule has 2 amide bonds. The van der Waals surface area contributed by atoms with E-state index in [1.807, 2.05) is 0 Å². The van der Waals surface area contributed by atoms with Crippen LogP contribution in [0, 0.1) is 0 Å². The second-order valence-electron chi connectivity index (χ2n) is 13.3. The van der Waals surface area contributed by atoms with Crippen LogP contribution in [0.3, 0.4) is 0 Å². The minimum atomic E-state index is -5.29. The fraction of sp³-hybridized carbons (Fsp3) is 0.0500. The normalized spacial score (nSPS) is 13.8. The number of amides is 2. The summed E-state index contributed by atoms with van der Waals surface area (Å²) >= 11 is 0. The molecule has 1 unspecified atom stereocenters. The van der Waals surface area contributed by atoms with E-state index in [0.717, 1.165) is 18.2 Å². The SMILES string of the molecule is COc1cc(N=Nc2cccc(S(=O)(=O)[O-])c2)ccc1N=NC1C(=O)N(c2cccc(N=Nc3c(S(=O)(=O)[O-])cc4cc(NC(=O)c5ccc(N)cc5)ccc4c3O)c2)N=C1C(=O)[O-].[Na+].[Na+].[Na+]. The second-order valence-corrected chi connectivity index (χ2v) is 16.0. The number of benzene rings is 6. The third-order valence-corrected chi connectivity index (χ3v) is 10.7. The smallest absolute Gasteiger partial charge is 0.744 e. The van der Waals surface area contributed by atoms with E-state index >= 15 is 0 Å². The number of rotatable bonds is 13. The zero-order chi connectivity index (χ0) is 45.9. The molecule has 0 fully saturated rings. The molecule has 0 bridgehead atoms. The van der Waals surface area contributed by atoms with Crippen LogP contribution < -0.4 is 115 Å². The van der Waals surface area contributed by atoms with E-state index in [0.29, 0.717) is 10.7 Å². The van der Waals surface area contributed by atoms with Gasteiger partial charge in [0.05, 0.1) is 45.6 Å². The van der Waals surface area contributed by atoms with Crippen molar-refractivity contribution in [3.63, 3.8) is 0 Å². The van der Waals surface area contributed by atoms with E-state index in [9.17, 15) is 50.5 Å². The van der Waals surface area contributed by atoms with Gasteiger partial charge in [-0.25, -0.2) is 16.8 Å². The van der Waals surface area contributed by atoms with Crippen LogP contribution in [0.15, 0.2) is 161 Å². The molecule has 0 saturated carbocycles. The maximum absolute atomic E-state index is 13.6. The van der Waals surface area contributed by atoms with Crippen LogP contribution in [0.2, 0.25) is 0 Å². The fourth-order valence-corrected chi connectivity index (χ4v) is 7.14. The Morgan fingerprint density at radius 2 is 1.42 bits per heavy atom. The molecule has 4 N–H and O–H groups in total. The number of phenols is 1. The number of nitrogens with one attached hydrogen (secondary N) is 1. The van der Waals surface area contributed by atoms with Gasteiger partial charge in [0, 0.05) is 28.4 Å². The van der Waals surface area contributed by atoms with Gasteiger partial charge < -0.3 is 39.9 Å². The molecule has 1 aliphatic rings. The Morgan fingerprint density at radius 1 is 0.776 bits per heavy atom. The molecular weight excluding hydrogens is 946 g/mol. The maximum Gasteiger partial charge on any atom is 1.00 e. The van der Waals surface area contributed by atoms with Crippen molar-refractivity contribution in [1.82, 2.24) is 0 Å². The van der Waals surface area contributed by atoms with E-state index in [1.165, 1.54) is 104 Å². The number of ether oxygens (including phenoxy) is 1. The number of nitrogens with two attached hydrogens (primary N) is 1. The molecule has 0 aromatic heterocycles. The van der Waals surface area contributed by atoms with E-state index < -0.39 is 71.0 Å². The third kappa shape index (κ3) is 12.8. The Kier molecular flexibility index (Phi) is 18.4. The molecule has 0 radical (unpaired) electrons. The van der Waals surface area contributed by atoms with Gasteiger partial charge in [-0.3, -0.25) is 9.59 Å². The summed E-state index contributed by atoms with van der Waals surface area (Å²) < 4.78 is 76.6. The number of nitrogen functional groups attached to an aromatic ring is 1. The Labute approximate surface area is 446 Å². The average molecular weight is 973 g/mol. The summed E-state index contributed by atoms with van der Waals surface area (Å²) in [6, 6.07) is 23.6. The summed E-state index contributed by atoms with van der Waals surface area (Å²) in [7, 11) is -8.74. The fourth-order valence-electron chi connectivity index (χ4n) is 5.98. The molecule has 7 rings (SSSR count). The standard InChI is InChI=1S/C40H30N10O12S2.3Na/c1-62-32-20-27(44-43-26-5-3-7-29(19-26)63(56,57)58)13-15-31(32)46-48-35-36(40(54)55)49-50(39(35)53)28-6-2-4-25(18-28)45-47-34-33(64(59,60)61)17-22-16-24(12-14-30(22)37(34)51)42-38(52)21-8-10-23(41)11-9-21;;;/h2-20,35,51H,41H2,1H3,(H,42,52)(H,54,55)(H,56,57,58)(H,59,60,61);;;/q;3*+1/p-3. The number of azo groups is 3. The Balaban J connectivity index is 0.00000327. The van der Waals surface area contributed by atoms with Crippen molar-refractivity contribution >= 4 is 100 Å². The largest absolute Gasteiger partial charge is 1.00 e. The van der Waals surface area contributed by atoms with Crippen LogP contribution in [0.1, 0.15) is 10.4 Å². The summed E-state index contributed by atoms with van der Waals surface area (Å²) in [5.74, 6) is -4.02. The van der Waals surface area contributed by atoms with E-state index in [2.05, 4.69) is 41.1 Å². The van der Waals surface area contributed by atoms with Crippen LogP contribution in [0.4, 0.5) is 45.5 Å². The van der Waals surface area contributed by atoms with Crippen LogP contribution in [-0.2, 0) is 29.8 Å². The molecule has 27 heteroatoms. The van der Waals surface area contributed by atoms with Crippen molar-refractivity contribution in [1.29, 1.82) is 0 Å². The summed E-state index contributed by atoms with van der Waals surface area (Å²) in [4.78, 5) is 37.0. The first-order valence-electron chi connectivity index (χ1n) is 18.0. The van der Waals surface area contributed by atoms with Crippen molar-refractivity contribution < 1.29 is 144 Å². The summed E-state index contributed by atoms with van der Waals surface area (Å²) in [5.41, 5.74) is 5.23. The van der Waals surface area contributed by atoms with Gasteiger partial charge in [-0.05, 0) is 102 Å². The van der Waals surface area contributed by atoms with E-state index in [1.54, 1.807) is 0 Å². The van der Waals surface area contributed by atoms with Gasteiger partial charge in [-0.1, -0.05) is 12.1 Å². The van der Waals surface area contributed by atoms with Crippen molar-refractivity contribution in [2.45, 2.75) is 15.8 Å². The monoisotopic (exact) mass is 972 g/mol.